The van der Waals surface area contributed by atoms with Crippen LogP contribution in [0.4, 0.5) is 5.69 Å². The number of nitrogens with zero attached hydrogens (tertiary/aromatic N) is 4. The van der Waals surface area contributed by atoms with Gasteiger partial charge in [0.05, 0.1) is 41.2 Å². The highest BCUT2D eigenvalue weighted by Crippen LogP contribution is 2.43. The number of nitrogens with one attached hydrogen (secondary N) is 1. The SMILES string of the molecule is COCC1CCN(c2cc(CC(=O)NS(=O)(=O)C3CCOC3)nc3c2c(C2CCC2)nn3-c2ccccc2)CC1. The lowest BCUT2D eigenvalue weighted by Crippen LogP contribution is -2.39. The van der Waals surface area contributed by atoms with Gasteiger partial charge in [-0.2, -0.15) is 5.10 Å². The van der Waals surface area contributed by atoms with Gasteiger partial charge in [-0.3, -0.25) is 9.52 Å². The zero-order chi connectivity index (χ0) is 27.7. The van der Waals surface area contributed by atoms with E-state index < -0.39 is 21.2 Å². The minimum atomic E-state index is -3.81. The Morgan fingerprint density at radius 1 is 1.12 bits per heavy atom. The Bertz CT molecular complexity index is 1460. The normalized spacial score (nSPS) is 20.6. The van der Waals surface area contributed by atoms with Crippen molar-refractivity contribution in [2.24, 2.45) is 5.92 Å². The lowest BCUT2D eigenvalue weighted by Gasteiger charge is -2.34. The Morgan fingerprint density at radius 3 is 2.55 bits per heavy atom. The van der Waals surface area contributed by atoms with Crippen molar-refractivity contribution in [3.63, 3.8) is 0 Å². The van der Waals surface area contributed by atoms with Gasteiger partial charge in [0.15, 0.2) is 5.65 Å². The Kier molecular flexibility index (Phi) is 7.78. The number of benzene rings is 1. The molecule has 6 rings (SSSR count). The molecular weight excluding hydrogens is 530 g/mol. The van der Waals surface area contributed by atoms with Gasteiger partial charge in [0.2, 0.25) is 15.9 Å². The molecule has 10 nitrogen and oxygen atoms in total. The smallest absolute Gasteiger partial charge is 0.240 e. The van der Waals surface area contributed by atoms with Crippen LogP contribution in [0.15, 0.2) is 36.4 Å². The number of ether oxygens (including phenoxy) is 2. The van der Waals surface area contributed by atoms with Crippen LogP contribution in [0.5, 0.6) is 0 Å². The monoisotopic (exact) mass is 567 g/mol. The second-order valence-electron chi connectivity index (χ2n) is 11.2. The molecule has 1 atom stereocenters. The van der Waals surface area contributed by atoms with Gasteiger partial charge >= 0.3 is 0 Å². The summed E-state index contributed by atoms with van der Waals surface area (Å²) in [5.74, 6) is 0.312. The topological polar surface area (TPSA) is 116 Å². The number of amides is 1. The lowest BCUT2D eigenvalue weighted by molar-refractivity contribution is -0.118. The molecule has 1 aliphatic carbocycles. The summed E-state index contributed by atoms with van der Waals surface area (Å²) in [6.45, 7) is 2.99. The number of sulfonamides is 1. The molecule has 3 fully saturated rings. The van der Waals surface area contributed by atoms with E-state index in [0.29, 0.717) is 36.2 Å². The number of piperidine rings is 1. The molecule has 2 aliphatic heterocycles. The van der Waals surface area contributed by atoms with Crippen LogP contribution in [0.2, 0.25) is 0 Å². The van der Waals surface area contributed by atoms with E-state index in [1.54, 1.807) is 7.11 Å². The first kappa shape index (κ1) is 27.2. The van der Waals surface area contributed by atoms with Crippen LogP contribution in [-0.4, -0.2) is 74.4 Å². The molecule has 0 radical (unpaired) electrons. The molecule has 1 unspecified atom stereocenters. The summed E-state index contributed by atoms with van der Waals surface area (Å²) in [4.78, 5) is 20.4. The van der Waals surface area contributed by atoms with Crippen LogP contribution >= 0.6 is 0 Å². The van der Waals surface area contributed by atoms with E-state index >= 15 is 0 Å². The minimum absolute atomic E-state index is 0.107. The van der Waals surface area contributed by atoms with Gasteiger partial charge in [-0.25, -0.2) is 18.1 Å². The van der Waals surface area contributed by atoms with E-state index in [1.807, 2.05) is 41.1 Å². The number of methoxy groups -OCH3 is 1. The van der Waals surface area contributed by atoms with Crippen molar-refractivity contribution >= 4 is 32.7 Å². The van der Waals surface area contributed by atoms with Crippen molar-refractivity contribution in [3.8, 4) is 5.69 Å². The third-order valence-electron chi connectivity index (χ3n) is 8.47. The Labute approximate surface area is 235 Å². The maximum atomic E-state index is 13.0. The van der Waals surface area contributed by atoms with E-state index in [4.69, 9.17) is 19.6 Å². The molecule has 1 N–H and O–H groups in total. The zero-order valence-corrected chi connectivity index (χ0v) is 23.7. The molecule has 4 heterocycles. The van der Waals surface area contributed by atoms with Crippen LogP contribution < -0.4 is 9.62 Å². The summed E-state index contributed by atoms with van der Waals surface area (Å²) in [6, 6.07) is 11.9. The zero-order valence-electron chi connectivity index (χ0n) is 22.9. The lowest BCUT2D eigenvalue weighted by atomic mass is 9.81. The average Bonchev–Trinajstić information content (AvgIpc) is 3.58. The fourth-order valence-corrected chi connectivity index (χ4v) is 7.24. The first-order valence-corrected chi connectivity index (χ1v) is 15.8. The van der Waals surface area contributed by atoms with E-state index in [9.17, 15) is 13.2 Å². The summed E-state index contributed by atoms with van der Waals surface area (Å²) in [7, 11) is -2.06. The average molecular weight is 568 g/mol. The standard InChI is InChI=1S/C29H37N5O5S/c1-38-18-20-10-13-33(14-11-20)25-16-22(17-26(35)32-40(36,37)24-12-15-39-19-24)30-29-27(25)28(21-6-5-7-21)31-34(29)23-8-3-2-4-9-23/h2-4,8-9,16,20-21,24H,5-7,10-15,17-19H2,1H3,(H,32,35). The fourth-order valence-electron chi connectivity index (χ4n) is 6.01. The van der Waals surface area contributed by atoms with Crippen molar-refractivity contribution in [1.29, 1.82) is 0 Å². The molecule has 1 aromatic carbocycles. The van der Waals surface area contributed by atoms with Crippen LogP contribution in [0, 0.1) is 5.92 Å². The van der Waals surface area contributed by atoms with Gasteiger partial charge in [0, 0.05) is 39.3 Å². The predicted octanol–water partition coefficient (Wildman–Crippen LogP) is 3.33. The summed E-state index contributed by atoms with van der Waals surface area (Å²) >= 11 is 0. The molecule has 2 aromatic heterocycles. The van der Waals surface area contributed by atoms with Crippen molar-refractivity contribution in [1.82, 2.24) is 19.5 Å². The number of carbonyl (C=O) groups excluding carboxylic acids is 1. The molecule has 40 heavy (non-hydrogen) atoms. The maximum absolute atomic E-state index is 13.0. The number of hydrogen-bond acceptors (Lipinski definition) is 8. The Morgan fingerprint density at radius 2 is 1.90 bits per heavy atom. The molecule has 2 saturated heterocycles. The molecule has 1 saturated carbocycles. The van der Waals surface area contributed by atoms with Crippen LogP contribution in [-0.2, 0) is 30.7 Å². The quantitative estimate of drug-likeness (QED) is 0.419. The van der Waals surface area contributed by atoms with E-state index in [0.717, 1.165) is 67.8 Å². The van der Waals surface area contributed by atoms with Gasteiger partial charge < -0.3 is 14.4 Å². The van der Waals surface area contributed by atoms with E-state index in [2.05, 4.69) is 9.62 Å². The first-order valence-electron chi connectivity index (χ1n) is 14.3. The summed E-state index contributed by atoms with van der Waals surface area (Å²) < 4.78 is 40.3. The van der Waals surface area contributed by atoms with Crippen LogP contribution in [0.25, 0.3) is 16.7 Å². The number of rotatable bonds is 9. The predicted molar refractivity (Wildman–Crippen MR) is 152 cm³/mol. The van der Waals surface area contributed by atoms with E-state index in [1.165, 1.54) is 6.42 Å². The number of pyridine rings is 1. The molecule has 11 heteroatoms. The largest absolute Gasteiger partial charge is 0.384 e. The molecule has 214 valence electrons. The third-order valence-corrected chi connectivity index (χ3v) is 10.2. The van der Waals surface area contributed by atoms with Gasteiger partial charge in [-0.1, -0.05) is 24.6 Å². The molecule has 0 spiro atoms. The maximum Gasteiger partial charge on any atom is 0.240 e. The van der Waals surface area contributed by atoms with Crippen LogP contribution in [0.1, 0.15) is 55.8 Å². The van der Waals surface area contributed by atoms with Crippen molar-refractivity contribution in [3.05, 3.63) is 47.8 Å². The van der Waals surface area contributed by atoms with Crippen LogP contribution in [0.3, 0.4) is 0 Å². The third kappa shape index (κ3) is 5.46. The van der Waals surface area contributed by atoms with Gasteiger partial charge in [-0.05, 0) is 56.2 Å². The fraction of sp³-hybridized carbons (Fsp3) is 0.552. The first-order chi connectivity index (χ1) is 19.4. The molecule has 3 aliphatic rings. The number of aromatic nitrogens is 3. The highest BCUT2D eigenvalue weighted by Gasteiger charge is 2.33. The molecule has 0 bridgehead atoms. The van der Waals surface area contributed by atoms with Crippen molar-refractivity contribution in [2.75, 3.05) is 44.9 Å². The number of anilines is 1. The van der Waals surface area contributed by atoms with Gasteiger partial charge in [0.25, 0.3) is 0 Å². The summed E-state index contributed by atoms with van der Waals surface area (Å²) in [5.41, 5.74) is 4.22. The Hall–Kier alpha value is -3.02. The minimum Gasteiger partial charge on any atom is -0.384 e. The van der Waals surface area contributed by atoms with Crippen molar-refractivity contribution < 1.29 is 22.7 Å². The highest BCUT2D eigenvalue weighted by molar-refractivity contribution is 7.90. The van der Waals surface area contributed by atoms with Gasteiger partial charge in [0.1, 0.15) is 5.25 Å². The second-order valence-corrected chi connectivity index (χ2v) is 13.2. The number of carbonyl (C=O) groups is 1. The highest BCUT2D eigenvalue weighted by atomic mass is 32.2. The molecular formula is C29H37N5O5S. The Balaban J connectivity index is 1.40. The summed E-state index contributed by atoms with van der Waals surface area (Å²) in [6.07, 6.45) is 5.66. The van der Waals surface area contributed by atoms with Gasteiger partial charge in [-0.15, -0.1) is 0 Å². The van der Waals surface area contributed by atoms with Crippen molar-refractivity contribution in [2.45, 2.75) is 56.1 Å². The second kappa shape index (κ2) is 11.5. The summed E-state index contributed by atoms with van der Waals surface area (Å²) in [5, 5.41) is 5.44. The molecule has 1 amide bonds. The number of fused-ring (bicyclic) bond motifs is 1. The van der Waals surface area contributed by atoms with E-state index in [-0.39, 0.29) is 13.0 Å². The number of para-hydroxylation sites is 1. The molecule has 3 aromatic rings. The number of hydrogen-bond donors (Lipinski definition) is 1.